The van der Waals surface area contributed by atoms with Gasteiger partial charge in [-0.15, -0.1) is 0 Å². The van der Waals surface area contributed by atoms with Crippen LogP contribution in [-0.4, -0.2) is 25.0 Å². The van der Waals surface area contributed by atoms with Gasteiger partial charge in [-0.3, -0.25) is 9.59 Å². The second kappa shape index (κ2) is 9.95. The molecule has 0 aliphatic rings. The number of benzene rings is 1. The highest BCUT2D eigenvalue weighted by Crippen LogP contribution is 2.29. The van der Waals surface area contributed by atoms with Crippen molar-refractivity contribution < 1.29 is 27.5 Å². The van der Waals surface area contributed by atoms with E-state index in [2.05, 4.69) is 12.2 Å². The molecule has 0 spiro atoms. The summed E-state index contributed by atoms with van der Waals surface area (Å²) in [5, 5.41) is 2.48. The van der Waals surface area contributed by atoms with Gasteiger partial charge in [0.05, 0.1) is 18.6 Å². The highest BCUT2D eigenvalue weighted by Gasteiger charge is 2.30. The zero-order valence-corrected chi connectivity index (χ0v) is 13.6. The molecule has 0 atom stereocenters. The van der Waals surface area contributed by atoms with E-state index in [1.807, 2.05) is 0 Å². The fourth-order valence-electron chi connectivity index (χ4n) is 1.98. The van der Waals surface area contributed by atoms with E-state index in [-0.39, 0.29) is 18.5 Å². The molecule has 0 aliphatic heterocycles. The molecule has 24 heavy (non-hydrogen) atoms. The van der Waals surface area contributed by atoms with Gasteiger partial charge in [0.15, 0.2) is 0 Å². The van der Waals surface area contributed by atoms with E-state index < -0.39 is 23.6 Å². The Morgan fingerprint density at radius 3 is 2.33 bits per heavy atom. The maximum Gasteiger partial charge on any atom is 0.416 e. The topological polar surface area (TPSA) is 55.4 Å². The van der Waals surface area contributed by atoms with E-state index in [9.17, 15) is 22.8 Å². The summed E-state index contributed by atoms with van der Waals surface area (Å²) < 4.78 is 42.3. The maximum absolute atomic E-state index is 12.4. The van der Waals surface area contributed by atoms with Gasteiger partial charge in [0.25, 0.3) is 5.91 Å². The molecule has 0 bridgehead atoms. The standard InChI is InChI=1S/C17H22F3NO3/c1-2-3-4-5-12-24-15(22)10-11-21-16(23)13-6-8-14(9-7-13)17(18,19)20/h6-9H,2-5,10-12H2,1H3,(H,21,23). The molecule has 0 fully saturated rings. The van der Waals surface area contributed by atoms with Gasteiger partial charge in [-0.25, -0.2) is 0 Å². The molecular formula is C17H22F3NO3. The summed E-state index contributed by atoms with van der Waals surface area (Å²) in [4.78, 5) is 23.2. The van der Waals surface area contributed by atoms with E-state index in [1.54, 1.807) is 0 Å². The van der Waals surface area contributed by atoms with Crippen LogP contribution in [0.1, 0.15) is 54.9 Å². The molecule has 1 amide bonds. The summed E-state index contributed by atoms with van der Waals surface area (Å²) in [6, 6.07) is 3.90. The van der Waals surface area contributed by atoms with Crippen molar-refractivity contribution in [2.24, 2.45) is 0 Å². The van der Waals surface area contributed by atoms with Gasteiger partial charge in [0.2, 0.25) is 0 Å². The molecule has 1 aromatic carbocycles. The third-order valence-electron chi connectivity index (χ3n) is 3.35. The van der Waals surface area contributed by atoms with Crippen LogP contribution in [0.5, 0.6) is 0 Å². The summed E-state index contributed by atoms with van der Waals surface area (Å²) in [5.74, 6) is -0.932. The van der Waals surface area contributed by atoms with E-state index in [0.717, 1.165) is 49.9 Å². The molecule has 0 heterocycles. The largest absolute Gasteiger partial charge is 0.466 e. The number of ether oxygens (including phenoxy) is 1. The Bertz CT molecular complexity index is 527. The molecule has 0 unspecified atom stereocenters. The smallest absolute Gasteiger partial charge is 0.416 e. The van der Waals surface area contributed by atoms with Crippen molar-refractivity contribution in [2.45, 2.75) is 45.2 Å². The lowest BCUT2D eigenvalue weighted by molar-refractivity contribution is -0.143. The van der Waals surface area contributed by atoms with Crippen molar-refractivity contribution in [3.05, 3.63) is 35.4 Å². The molecule has 0 radical (unpaired) electrons. The average Bonchev–Trinajstić information content (AvgIpc) is 2.54. The molecule has 4 nitrogen and oxygen atoms in total. The van der Waals surface area contributed by atoms with Crippen molar-refractivity contribution in [3.63, 3.8) is 0 Å². The fourth-order valence-corrected chi connectivity index (χ4v) is 1.98. The van der Waals surface area contributed by atoms with Crippen LogP contribution in [0, 0.1) is 0 Å². The van der Waals surface area contributed by atoms with Gasteiger partial charge < -0.3 is 10.1 Å². The molecule has 0 aliphatic carbocycles. The number of alkyl halides is 3. The number of amides is 1. The minimum atomic E-state index is -4.43. The van der Waals surface area contributed by atoms with Crippen molar-refractivity contribution in [1.29, 1.82) is 0 Å². The molecule has 1 aromatic rings. The van der Waals surface area contributed by atoms with Crippen LogP contribution >= 0.6 is 0 Å². The Morgan fingerprint density at radius 2 is 1.75 bits per heavy atom. The zero-order chi connectivity index (χ0) is 18.0. The Hall–Kier alpha value is -2.05. The van der Waals surface area contributed by atoms with Crippen molar-refractivity contribution in [3.8, 4) is 0 Å². The van der Waals surface area contributed by atoms with Crippen molar-refractivity contribution in [2.75, 3.05) is 13.2 Å². The second-order valence-corrected chi connectivity index (χ2v) is 5.36. The lowest BCUT2D eigenvalue weighted by Gasteiger charge is -2.08. The first-order valence-electron chi connectivity index (χ1n) is 7.95. The van der Waals surface area contributed by atoms with E-state index >= 15 is 0 Å². The third-order valence-corrected chi connectivity index (χ3v) is 3.35. The van der Waals surface area contributed by atoms with Gasteiger partial charge in [0.1, 0.15) is 0 Å². The summed E-state index contributed by atoms with van der Waals surface area (Å²) in [7, 11) is 0. The number of hydrogen-bond donors (Lipinski definition) is 1. The monoisotopic (exact) mass is 345 g/mol. The van der Waals surface area contributed by atoms with Crippen LogP contribution in [0.25, 0.3) is 0 Å². The third kappa shape index (κ3) is 7.48. The van der Waals surface area contributed by atoms with Crippen LogP contribution in [0.2, 0.25) is 0 Å². The highest BCUT2D eigenvalue weighted by atomic mass is 19.4. The second-order valence-electron chi connectivity index (χ2n) is 5.36. The minimum absolute atomic E-state index is 0.0279. The lowest BCUT2D eigenvalue weighted by atomic mass is 10.1. The summed E-state index contributed by atoms with van der Waals surface area (Å²) in [6.07, 6.45) is -0.382. The van der Waals surface area contributed by atoms with Crippen LogP contribution in [0.15, 0.2) is 24.3 Å². The normalized spacial score (nSPS) is 11.2. The average molecular weight is 345 g/mol. The highest BCUT2D eigenvalue weighted by molar-refractivity contribution is 5.94. The number of nitrogens with one attached hydrogen (secondary N) is 1. The van der Waals surface area contributed by atoms with Crippen LogP contribution in [0.3, 0.4) is 0 Å². The van der Waals surface area contributed by atoms with E-state index in [0.29, 0.717) is 6.61 Å². The Balaban J connectivity index is 2.27. The number of unbranched alkanes of at least 4 members (excludes halogenated alkanes) is 3. The Kier molecular flexibility index (Phi) is 8.29. The van der Waals surface area contributed by atoms with Gasteiger partial charge in [-0.1, -0.05) is 26.2 Å². The predicted octanol–water partition coefficient (Wildman–Crippen LogP) is 3.95. The Labute approximate surface area is 139 Å². The minimum Gasteiger partial charge on any atom is -0.466 e. The number of carbonyl (C=O) groups is 2. The van der Waals surface area contributed by atoms with Crippen LogP contribution in [0.4, 0.5) is 13.2 Å². The number of hydrogen-bond acceptors (Lipinski definition) is 3. The number of halogens is 3. The van der Waals surface area contributed by atoms with Gasteiger partial charge in [-0.2, -0.15) is 13.2 Å². The molecule has 7 heteroatoms. The van der Waals surface area contributed by atoms with Crippen molar-refractivity contribution >= 4 is 11.9 Å². The van der Waals surface area contributed by atoms with E-state index in [1.165, 1.54) is 0 Å². The zero-order valence-electron chi connectivity index (χ0n) is 13.6. The van der Waals surface area contributed by atoms with Gasteiger partial charge in [0, 0.05) is 12.1 Å². The van der Waals surface area contributed by atoms with Crippen LogP contribution in [-0.2, 0) is 15.7 Å². The number of carbonyl (C=O) groups excluding carboxylic acids is 2. The molecule has 0 saturated heterocycles. The lowest BCUT2D eigenvalue weighted by Crippen LogP contribution is -2.26. The molecule has 1 N–H and O–H groups in total. The molecule has 0 aromatic heterocycles. The first-order chi connectivity index (χ1) is 11.3. The van der Waals surface area contributed by atoms with Crippen LogP contribution < -0.4 is 5.32 Å². The molecule has 1 rings (SSSR count). The molecular weight excluding hydrogens is 323 g/mol. The van der Waals surface area contributed by atoms with Gasteiger partial charge >= 0.3 is 12.1 Å². The quantitative estimate of drug-likeness (QED) is 0.545. The summed E-state index contributed by atoms with van der Waals surface area (Å²) in [5.41, 5.74) is -0.707. The van der Waals surface area contributed by atoms with E-state index in [4.69, 9.17) is 4.74 Å². The SMILES string of the molecule is CCCCCCOC(=O)CCNC(=O)c1ccc(C(F)(F)F)cc1. The first kappa shape index (κ1) is 20.0. The predicted molar refractivity (Wildman–Crippen MR) is 83.5 cm³/mol. The summed E-state index contributed by atoms with van der Waals surface area (Å²) in [6.45, 7) is 2.53. The maximum atomic E-state index is 12.4. The van der Waals surface area contributed by atoms with Crippen molar-refractivity contribution in [1.82, 2.24) is 5.32 Å². The number of rotatable bonds is 9. The molecule has 134 valence electrons. The summed E-state index contributed by atoms with van der Waals surface area (Å²) >= 11 is 0. The number of esters is 1. The van der Waals surface area contributed by atoms with Gasteiger partial charge in [-0.05, 0) is 30.7 Å². The molecule has 0 saturated carbocycles. The first-order valence-corrected chi connectivity index (χ1v) is 7.95. The Morgan fingerprint density at radius 1 is 1.08 bits per heavy atom. The fraction of sp³-hybridized carbons (Fsp3) is 0.529.